The SMILES string of the molecule is CCNC(=O)[C@@H](C)N(Cc1c(Cl)cccc1Cl)C(=O)CCc1ccccc1. The summed E-state index contributed by atoms with van der Waals surface area (Å²) in [7, 11) is 0. The van der Waals surface area contributed by atoms with E-state index in [1.165, 1.54) is 0 Å². The van der Waals surface area contributed by atoms with Gasteiger partial charge in [-0.05, 0) is 38.0 Å². The molecule has 0 aromatic heterocycles. The molecule has 0 radical (unpaired) electrons. The molecule has 0 bridgehead atoms. The molecule has 0 aliphatic rings. The number of aryl methyl sites for hydroxylation is 1. The van der Waals surface area contributed by atoms with Crippen molar-refractivity contribution in [3.8, 4) is 0 Å². The summed E-state index contributed by atoms with van der Waals surface area (Å²) >= 11 is 12.5. The summed E-state index contributed by atoms with van der Waals surface area (Å²) in [6.07, 6.45) is 0.907. The first-order valence-electron chi connectivity index (χ1n) is 8.98. The summed E-state index contributed by atoms with van der Waals surface area (Å²) in [6.45, 7) is 4.25. The second-order valence-electron chi connectivity index (χ2n) is 6.28. The number of likely N-dealkylation sites (N-methyl/N-ethyl adjacent to an activating group) is 1. The molecule has 4 nitrogen and oxygen atoms in total. The fraction of sp³-hybridized carbons (Fsp3) is 0.333. The first-order valence-corrected chi connectivity index (χ1v) is 9.73. The lowest BCUT2D eigenvalue weighted by Gasteiger charge is -2.29. The molecule has 0 fully saturated rings. The van der Waals surface area contributed by atoms with Gasteiger partial charge >= 0.3 is 0 Å². The van der Waals surface area contributed by atoms with Gasteiger partial charge < -0.3 is 10.2 Å². The molecule has 6 heteroatoms. The zero-order valence-electron chi connectivity index (χ0n) is 15.5. The van der Waals surface area contributed by atoms with E-state index in [-0.39, 0.29) is 18.4 Å². The molecule has 2 amide bonds. The van der Waals surface area contributed by atoms with E-state index in [0.29, 0.717) is 35.0 Å². The molecule has 0 spiro atoms. The molecule has 0 aliphatic heterocycles. The number of hydrogen-bond acceptors (Lipinski definition) is 2. The lowest BCUT2D eigenvalue weighted by Crippen LogP contribution is -2.47. The van der Waals surface area contributed by atoms with Gasteiger partial charge in [0, 0.05) is 35.1 Å². The van der Waals surface area contributed by atoms with Crippen molar-refractivity contribution in [2.45, 2.75) is 39.3 Å². The summed E-state index contributed by atoms with van der Waals surface area (Å²) < 4.78 is 0. The summed E-state index contributed by atoms with van der Waals surface area (Å²) in [6, 6.07) is 14.4. The van der Waals surface area contributed by atoms with Crippen LogP contribution in [0.1, 0.15) is 31.4 Å². The second kappa shape index (κ2) is 10.3. The minimum Gasteiger partial charge on any atom is -0.355 e. The largest absolute Gasteiger partial charge is 0.355 e. The third kappa shape index (κ3) is 5.98. The van der Waals surface area contributed by atoms with E-state index >= 15 is 0 Å². The van der Waals surface area contributed by atoms with Gasteiger partial charge in [-0.15, -0.1) is 0 Å². The lowest BCUT2D eigenvalue weighted by molar-refractivity contribution is -0.140. The van der Waals surface area contributed by atoms with E-state index in [1.807, 2.05) is 37.3 Å². The molecule has 0 heterocycles. The standard InChI is InChI=1S/C21H24Cl2N2O2/c1-3-24-21(27)15(2)25(14-17-18(22)10-7-11-19(17)23)20(26)13-12-16-8-5-4-6-9-16/h4-11,15H,3,12-14H2,1-2H3,(H,24,27)/t15-/m1/s1. The summed E-state index contributed by atoms with van der Waals surface area (Å²) in [5.74, 6) is -0.317. The van der Waals surface area contributed by atoms with Gasteiger partial charge in [0.2, 0.25) is 11.8 Å². The molecule has 1 N–H and O–H groups in total. The summed E-state index contributed by atoms with van der Waals surface area (Å²) in [5, 5.41) is 3.73. The van der Waals surface area contributed by atoms with Crippen LogP contribution in [0.15, 0.2) is 48.5 Å². The van der Waals surface area contributed by atoms with Gasteiger partial charge in [-0.1, -0.05) is 59.6 Å². The molecule has 0 saturated carbocycles. The molecule has 2 aromatic carbocycles. The number of carbonyl (C=O) groups is 2. The first-order chi connectivity index (χ1) is 12.9. The van der Waals surface area contributed by atoms with Crippen LogP contribution in [-0.2, 0) is 22.6 Å². The van der Waals surface area contributed by atoms with E-state index in [2.05, 4.69) is 5.32 Å². The number of nitrogens with one attached hydrogen (secondary N) is 1. The van der Waals surface area contributed by atoms with Crippen LogP contribution in [-0.4, -0.2) is 29.3 Å². The molecule has 144 valence electrons. The van der Waals surface area contributed by atoms with Gasteiger partial charge in [-0.2, -0.15) is 0 Å². The molecule has 0 aliphatic carbocycles. The molecule has 2 rings (SSSR count). The fourth-order valence-electron chi connectivity index (χ4n) is 2.80. The number of carbonyl (C=O) groups excluding carboxylic acids is 2. The molecular weight excluding hydrogens is 383 g/mol. The Kier molecular flexibility index (Phi) is 8.14. The Bertz CT molecular complexity index is 761. The second-order valence-corrected chi connectivity index (χ2v) is 7.09. The molecule has 1 atom stereocenters. The molecule has 27 heavy (non-hydrogen) atoms. The Morgan fingerprint density at radius 1 is 1.04 bits per heavy atom. The van der Waals surface area contributed by atoms with Crippen molar-refractivity contribution in [2.24, 2.45) is 0 Å². The van der Waals surface area contributed by atoms with Crippen LogP contribution in [0.4, 0.5) is 0 Å². The van der Waals surface area contributed by atoms with Gasteiger partial charge in [0.15, 0.2) is 0 Å². The van der Waals surface area contributed by atoms with E-state index < -0.39 is 6.04 Å². The number of nitrogens with zero attached hydrogens (tertiary/aromatic N) is 1. The quantitative estimate of drug-likeness (QED) is 0.702. The Labute approximate surface area is 170 Å². The Balaban J connectivity index is 2.20. The van der Waals surface area contributed by atoms with Crippen LogP contribution < -0.4 is 5.32 Å². The number of amides is 2. The Morgan fingerprint density at radius 2 is 1.67 bits per heavy atom. The average Bonchev–Trinajstić information content (AvgIpc) is 2.66. The highest BCUT2D eigenvalue weighted by Gasteiger charge is 2.26. The molecule has 0 saturated heterocycles. The number of benzene rings is 2. The zero-order chi connectivity index (χ0) is 19.8. The molecular formula is C21H24Cl2N2O2. The first kappa shape index (κ1) is 21.3. The predicted octanol–water partition coefficient (Wildman–Crippen LogP) is 4.48. The Hall–Kier alpha value is -2.04. The normalized spacial score (nSPS) is 11.7. The number of hydrogen-bond donors (Lipinski definition) is 1. The smallest absolute Gasteiger partial charge is 0.242 e. The summed E-state index contributed by atoms with van der Waals surface area (Å²) in [5.41, 5.74) is 1.72. The van der Waals surface area contributed by atoms with Crippen molar-refractivity contribution in [1.82, 2.24) is 10.2 Å². The third-order valence-electron chi connectivity index (χ3n) is 4.38. The molecule has 2 aromatic rings. The van der Waals surface area contributed by atoms with Crippen LogP contribution in [0.5, 0.6) is 0 Å². The number of halogens is 2. The number of rotatable bonds is 8. The van der Waals surface area contributed by atoms with Gasteiger partial charge in [0.1, 0.15) is 6.04 Å². The van der Waals surface area contributed by atoms with Gasteiger partial charge in [0.05, 0.1) is 0 Å². The van der Waals surface area contributed by atoms with Gasteiger partial charge in [-0.25, -0.2) is 0 Å². The van der Waals surface area contributed by atoms with Crippen LogP contribution in [0.2, 0.25) is 10.0 Å². The highest BCUT2D eigenvalue weighted by Crippen LogP contribution is 2.27. The van der Waals surface area contributed by atoms with E-state index in [9.17, 15) is 9.59 Å². The molecule has 0 unspecified atom stereocenters. The maximum Gasteiger partial charge on any atom is 0.242 e. The van der Waals surface area contributed by atoms with E-state index in [0.717, 1.165) is 5.56 Å². The van der Waals surface area contributed by atoms with Crippen molar-refractivity contribution >= 4 is 35.0 Å². The fourth-order valence-corrected chi connectivity index (χ4v) is 3.31. The minimum atomic E-state index is -0.624. The predicted molar refractivity (Wildman–Crippen MR) is 110 cm³/mol. The van der Waals surface area contributed by atoms with Crippen LogP contribution >= 0.6 is 23.2 Å². The third-order valence-corrected chi connectivity index (χ3v) is 5.09. The van der Waals surface area contributed by atoms with E-state index in [4.69, 9.17) is 23.2 Å². The monoisotopic (exact) mass is 406 g/mol. The highest BCUT2D eigenvalue weighted by atomic mass is 35.5. The maximum absolute atomic E-state index is 13.0. The zero-order valence-corrected chi connectivity index (χ0v) is 17.1. The highest BCUT2D eigenvalue weighted by molar-refractivity contribution is 6.36. The van der Waals surface area contributed by atoms with Crippen molar-refractivity contribution in [2.75, 3.05) is 6.54 Å². The van der Waals surface area contributed by atoms with Crippen LogP contribution in [0, 0.1) is 0 Å². The van der Waals surface area contributed by atoms with Crippen molar-refractivity contribution in [3.05, 3.63) is 69.7 Å². The lowest BCUT2D eigenvalue weighted by atomic mass is 10.1. The van der Waals surface area contributed by atoms with Crippen LogP contribution in [0.25, 0.3) is 0 Å². The van der Waals surface area contributed by atoms with Crippen molar-refractivity contribution < 1.29 is 9.59 Å². The van der Waals surface area contributed by atoms with Crippen molar-refractivity contribution in [1.29, 1.82) is 0 Å². The van der Waals surface area contributed by atoms with E-state index in [1.54, 1.807) is 30.0 Å². The minimum absolute atomic E-state index is 0.117. The van der Waals surface area contributed by atoms with Gasteiger partial charge in [0.25, 0.3) is 0 Å². The summed E-state index contributed by atoms with van der Waals surface area (Å²) in [4.78, 5) is 26.8. The van der Waals surface area contributed by atoms with Gasteiger partial charge in [-0.3, -0.25) is 9.59 Å². The average molecular weight is 407 g/mol. The van der Waals surface area contributed by atoms with Crippen molar-refractivity contribution in [3.63, 3.8) is 0 Å². The Morgan fingerprint density at radius 3 is 2.26 bits per heavy atom. The van der Waals surface area contributed by atoms with Crippen LogP contribution in [0.3, 0.4) is 0 Å². The maximum atomic E-state index is 13.0. The topological polar surface area (TPSA) is 49.4 Å².